The molecule has 0 aromatic carbocycles. The second-order valence-electron chi connectivity index (χ2n) is 3.92. The van der Waals surface area contributed by atoms with Gasteiger partial charge in [-0.3, -0.25) is 0 Å². The lowest BCUT2D eigenvalue weighted by molar-refractivity contribution is 0.581. The fourth-order valence-electron chi connectivity index (χ4n) is 1.33. The largest absolute Gasteiger partial charge is 0.312 e. The Hall–Kier alpha value is -0.430. The number of thiophene rings is 1. The molecule has 1 fully saturated rings. The first-order valence-corrected chi connectivity index (χ1v) is 7.78. The third-order valence-corrected chi connectivity index (χ3v) is 4.97. The van der Waals surface area contributed by atoms with Gasteiger partial charge in [0.1, 0.15) is 0 Å². The molecule has 90 valence electrons. The van der Waals surface area contributed by atoms with Crippen LogP contribution in [0.4, 0.5) is 0 Å². The molecule has 0 aliphatic heterocycles. The van der Waals surface area contributed by atoms with Gasteiger partial charge in [0, 0.05) is 22.8 Å². The van der Waals surface area contributed by atoms with Crippen LogP contribution in [0, 0.1) is 0 Å². The highest BCUT2D eigenvalue weighted by Gasteiger charge is 2.28. The Morgan fingerprint density at radius 2 is 2.25 bits per heavy atom. The average Bonchev–Trinajstić information content (AvgIpc) is 2.89. The third-order valence-electron chi connectivity index (χ3n) is 2.39. The molecular formula is C10H16N2O2S2. The molecule has 0 saturated heterocycles. The van der Waals surface area contributed by atoms with Gasteiger partial charge in [-0.2, -0.15) is 0 Å². The van der Waals surface area contributed by atoms with E-state index in [0.717, 1.165) is 30.8 Å². The van der Waals surface area contributed by atoms with E-state index in [2.05, 4.69) is 10.0 Å². The summed E-state index contributed by atoms with van der Waals surface area (Å²) in [4.78, 5) is 1.45. The van der Waals surface area contributed by atoms with E-state index in [0.29, 0.717) is 4.90 Å². The highest BCUT2D eigenvalue weighted by atomic mass is 32.2. The first-order chi connectivity index (χ1) is 7.62. The summed E-state index contributed by atoms with van der Waals surface area (Å²) in [5.41, 5.74) is 0. The Morgan fingerprint density at radius 1 is 1.50 bits per heavy atom. The van der Waals surface area contributed by atoms with Crippen molar-refractivity contribution in [3.63, 3.8) is 0 Å². The van der Waals surface area contributed by atoms with Gasteiger partial charge in [0.15, 0.2) is 0 Å². The van der Waals surface area contributed by atoms with Crippen molar-refractivity contribution in [1.29, 1.82) is 0 Å². The summed E-state index contributed by atoms with van der Waals surface area (Å²) in [7, 11) is -3.27. The zero-order valence-corrected chi connectivity index (χ0v) is 10.8. The molecule has 4 nitrogen and oxygen atoms in total. The minimum atomic E-state index is -3.27. The summed E-state index contributed by atoms with van der Waals surface area (Å²) in [6.45, 7) is 3.65. The maximum absolute atomic E-state index is 11.8. The van der Waals surface area contributed by atoms with Gasteiger partial charge in [-0.05, 0) is 25.5 Å². The number of hydrogen-bond acceptors (Lipinski definition) is 4. The van der Waals surface area contributed by atoms with Crippen LogP contribution in [-0.4, -0.2) is 21.0 Å². The van der Waals surface area contributed by atoms with Crippen LogP contribution in [0.2, 0.25) is 0 Å². The van der Waals surface area contributed by atoms with Gasteiger partial charge in [0.2, 0.25) is 10.0 Å². The minimum absolute atomic E-state index is 0.169. The molecule has 2 N–H and O–H groups in total. The lowest BCUT2D eigenvalue weighted by Gasteiger charge is -2.01. The zero-order chi connectivity index (χ0) is 11.6. The lowest BCUT2D eigenvalue weighted by Crippen LogP contribution is -2.25. The Labute approximate surface area is 100 Å². The molecule has 0 atom stereocenters. The standard InChI is InChI=1S/C10H16N2O2S2/c1-2-11-6-9-5-10(7-15-9)16(13,14)12-8-3-4-8/h5,7-8,11-12H,2-4,6H2,1H3. The molecule has 1 aliphatic carbocycles. The van der Waals surface area contributed by atoms with E-state index in [-0.39, 0.29) is 6.04 Å². The van der Waals surface area contributed by atoms with Gasteiger partial charge in [0.05, 0.1) is 4.90 Å². The predicted molar refractivity (Wildman–Crippen MR) is 65.0 cm³/mol. The summed E-state index contributed by atoms with van der Waals surface area (Å²) in [5, 5.41) is 4.88. The molecule has 0 bridgehead atoms. The van der Waals surface area contributed by atoms with Crippen LogP contribution in [0.25, 0.3) is 0 Å². The molecule has 0 radical (unpaired) electrons. The van der Waals surface area contributed by atoms with Crippen LogP contribution in [-0.2, 0) is 16.6 Å². The fraction of sp³-hybridized carbons (Fsp3) is 0.600. The van der Waals surface area contributed by atoms with Gasteiger partial charge < -0.3 is 5.32 Å². The Morgan fingerprint density at radius 3 is 2.88 bits per heavy atom. The summed E-state index contributed by atoms with van der Waals surface area (Å²) in [6.07, 6.45) is 1.93. The van der Waals surface area contributed by atoms with Gasteiger partial charge in [-0.25, -0.2) is 13.1 Å². The quantitative estimate of drug-likeness (QED) is 0.810. The molecular weight excluding hydrogens is 244 g/mol. The highest BCUT2D eigenvalue weighted by Crippen LogP contribution is 2.24. The first-order valence-electron chi connectivity index (χ1n) is 5.42. The summed E-state index contributed by atoms with van der Waals surface area (Å²) >= 11 is 1.48. The van der Waals surface area contributed by atoms with Crippen molar-refractivity contribution >= 4 is 21.4 Å². The second kappa shape index (κ2) is 4.83. The van der Waals surface area contributed by atoms with E-state index >= 15 is 0 Å². The van der Waals surface area contributed by atoms with Crippen LogP contribution in [0.1, 0.15) is 24.6 Å². The predicted octanol–water partition coefficient (Wildman–Crippen LogP) is 1.30. The molecule has 16 heavy (non-hydrogen) atoms. The molecule has 1 aromatic heterocycles. The van der Waals surface area contributed by atoms with Gasteiger partial charge >= 0.3 is 0 Å². The van der Waals surface area contributed by atoms with Gasteiger partial charge in [0.25, 0.3) is 0 Å². The van der Waals surface area contributed by atoms with Crippen molar-refractivity contribution in [2.24, 2.45) is 0 Å². The van der Waals surface area contributed by atoms with Gasteiger partial charge in [-0.1, -0.05) is 6.92 Å². The van der Waals surface area contributed by atoms with E-state index in [1.807, 2.05) is 6.92 Å². The molecule has 1 saturated carbocycles. The molecule has 2 rings (SSSR count). The number of hydrogen-bond donors (Lipinski definition) is 2. The molecule has 0 amide bonds. The Balaban J connectivity index is 2.04. The molecule has 0 spiro atoms. The second-order valence-corrected chi connectivity index (χ2v) is 6.63. The van der Waals surface area contributed by atoms with Crippen molar-refractivity contribution < 1.29 is 8.42 Å². The molecule has 1 aromatic rings. The number of rotatable bonds is 6. The highest BCUT2D eigenvalue weighted by molar-refractivity contribution is 7.89. The Kier molecular flexibility index (Phi) is 3.63. The zero-order valence-electron chi connectivity index (χ0n) is 9.19. The van der Waals surface area contributed by atoms with Crippen LogP contribution in [0.5, 0.6) is 0 Å². The first kappa shape index (κ1) is 12.0. The van der Waals surface area contributed by atoms with Crippen molar-refractivity contribution in [2.75, 3.05) is 6.54 Å². The smallest absolute Gasteiger partial charge is 0.241 e. The van der Waals surface area contributed by atoms with Crippen molar-refractivity contribution in [3.8, 4) is 0 Å². The minimum Gasteiger partial charge on any atom is -0.312 e. The average molecular weight is 260 g/mol. The molecule has 0 unspecified atom stereocenters. The SMILES string of the molecule is CCNCc1cc(S(=O)(=O)NC2CC2)cs1. The maximum atomic E-state index is 11.8. The van der Waals surface area contributed by atoms with E-state index in [4.69, 9.17) is 0 Å². The summed E-state index contributed by atoms with van der Waals surface area (Å²) in [6, 6.07) is 1.92. The topological polar surface area (TPSA) is 58.2 Å². The van der Waals surface area contributed by atoms with Crippen LogP contribution in [0.15, 0.2) is 16.3 Å². The van der Waals surface area contributed by atoms with E-state index < -0.39 is 10.0 Å². The third kappa shape index (κ3) is 3.04. The van der Waals surface area contributed by atoms with Crippen molar-refractivity contribution in [3.05, 3.63) is 16.3 Å². The van der Waals surface area contributed by atoms with Crippen LogP contribution in [0.3, 0.4) is 0 Å². The maximum Gasteiger partial charge on any atom is 0.241 e. The monoisotopic (exact) mass is 260 g/mol. The molecule has 6 heteroatoms. The normalized spacial score (nSPS) is 16.6. The van der Waals surface area contributed by atoms with E-state index in [1.165, 1.54) is 11.3 Å². The fourth-order valence-corrected chi connectivity index (χ4v) is 3.88. The van der Waals surface area contributed by atoms with Crippen LogP contribution < -0.4 is 10.0 Å². The molecule has 1 aliphatic rings. The van der Waals surface area contributed by atoms with Gasteiger partial charge in [-0.15, -0.1) is 11.3 Å². The lowest BCUT2D eigenvalue weighted by atomic mass is 10.4. The summed E-state index contributed by atoms with van der Waals surface area (Å²) < 4.78 is 26.4. The number of sulfonamides is 1. The Bertz CT molecular complexity index is 449. The van der Waals surface area contributed by atoms with Crippen molar-refractivity contribution in [2.45, 2.75) is 37.2 Å². The van der Waals surface area contributed by atoms with E-state index in [1.54, 1.807) is 11.4 Å². The van der Waals surface area contributed by atoms with E-state index in [9.17, 15) is 8.42 Å². The molecule has 1 heterocycles. The summed E-state index contributed by atoms with van der Waals surface area (Å²) in [5.74, 6) is 0. The number of nitrogens with one attached hydrogen (secondary N) is 2. The van der Waals surface area contributed by atoms with Crippen molar-refractivity contribution in [1.82, 2.24) is 10.0 Å². The van der Waals surface area contributed by atoms with Crippen LogP contribution >= 0.6 is 11.3 Å².